The van der Waals surface area contributed by atoms with Gasteiger partial charge in [-0.1, -0.05) is 18.5 Å². The molecule has 0 fully saturated rings. The van der Waals surface area contributed by atoms with E-state index >= 15 is 0 Å². The van der Waals surface area contributed by atoms with Crippen molar-refractivity contribution < 1.29 is 14.3 Å². The van der Waals surface area contributed by atoms with Crippen LogP contribution in [0.15, 0.2) is 42.5 Å². The van der Waals surface area contributed by atoms with Crippen LogP contribution in [0.25, 0.3) is 0 Å². The Morgan fingerprint density at radius 3 is 2.24 bits per heavy atom. The van der Waals surface area contributed by atoms with Gasteiger partial charge in [-0.05, 0) is 49.7 Å². The van der Waals surface area contributed by atoms with Gasteiger partial charge in [0.15, 0.2) is 5.78 Å². The summed E-state index contributed by atoms with van der Waals surface area (Å²) in [6.07, 6.45) is 0.971. The van der Waals surface area contributed by atoms with Crippen molar-refractivity contribution in [3.63, 3.8) is 0 Å². The van der Waals surface area contributed by atoms with Crippen LogP contribution in [0.5, 0.6) is 17.2 Å². The molecular weight excluding hydrogens is 288 g/mol. The van der Waals surface area contributed by atoms with Gasteiger partial charge in [0.1, 0.15) is 17.2 Å². The van der Waals surface area contributed by atoms with Crippen LogP contribution in [0.2, 0.25) is 5.02 Å². The summed E-state index contributed by atoms with van der Waals surface area (Å²) in [5.41, 5.74) is 0.493. The quantitative estimate of drug-likeness (QED) is 0.694. The number of ether oxygens (including phenoxy) is 2. The molecule has 0 N–H and O–H groups in total. The highest BCUT2D eigenvalue weighted by Gasteiger charge is 2.07. The second-order valence-corrected chi connectivity index (χ2v) is 5.03. The van der Waals surface area contributed by atoms with Gasteiger partial charge in [0.2, 0.25) is 0 Å². The lowest BCUT2D eigenvalue weighted by molar-refractivity contribution is 0.101. The number of benzene rings is 2. The molecular formula is C17H17ClO3. The van der Waals surface area contributed by atoms with Gasteiger partial charge >= 0.3 is 0 Å². The molecule has 2 aromatic carbocycles. The topological polar surface area (TPSA) is 35.5 Å². The zero-order valence-corrected chi connectivity index (χ0v) is 12.8. The molecule has 4 heteroatoms. The predicted molar refractivity (Wildman–Crippen MR) is 83.8 cm³/mol. The van der Waals surface area contributed by atoms with E-state index in [-0.39, 0.29) is 5.78 Å². The maximum Gasteiger partial charge on any atom is 0.161 e. The highest BCUT2D eigenvalue weighted by Crippen LogP contribution is 2.28. The van der Waals surface area contributed by atoms with Crippen LogP contribution >= 0.6 is 11.6 Å². The third-order valence-corrected chi connectivity index (χ3v) is 3.16. The molecule has 0 atom stereocenters. The lowest BCUT2D eigenvalue weighted by atomic mass is 10.1. The predicted octanol–water partition coefficient (Wildman–Crippen LogP) is 5.12. The zero-order chi connectivity index (χ0) is 15.2. The van der Waals surface area contributed by atoms with E-state index in [1.54, 1.807) is 18.2 Å². The highest BCUT2D eigenvalue weighted by atomic mass is 35.5. The molecule has 0 saturated carbocycles. The van der Waals surface area contributed by atoms with Crippen LogP contribution in [-0.4, -0.2) is 12.4 Å². The van der Waals surface area contributed by atoms with Gasteiger partial charge in [0, 0.05) is 11.6 Å². The number of hydrogen-bond acceptors (Lipinski definition) is 3. The van der Waals surface area contributed by atoms with Gasteiger partial charge in [-0.2, -0.15) is 0 Å². The van der Waals surface area contributed by atoms with Crippen LogP contribution < -0.4 is 9.47 Å². The first-order valence-corrected chi connectivity index (χ1v) is 7.19. The molecule has 0 unspecified atom stereocenters. The van der Waals surface area contributed by atoms with Crippen LogP contribution in [0.4, 0.5) is 0 Å². The fraction of sp³-hybridized carbons (Fsp3) is 0.235. The molecule has 21 heavy (non-hydrogen) atoms. The summed E-state index contributed by atoms with van der Waals surface area (Å²) in [6.45, 7) is 4.24. The summed E-state index contributed by atoms with van der Waals surface area (Å²) in [7, 11) is 0. The average molecular weight is 305 g/mol. The fourth-order valence-corrected chi connectivity index (χ4v) is 2.11. The molecule has 2 rings (SSSR count). The van der Waals surface area contributed by atoms with Gasteiger partial charge in [-0.25, -0.2) is 0 Å². The number of Topliss-reactive ketones (excluding diaryl/α,β-unsaturated/α-hetero) is 1. The number of hydrogen-bond donors (Lipinski definition) is 0. The Hall–Kier alpha value is -2.00. The molecule has 110 valence electrons. The summed E-state index contributed by atoms with van der Waals surface area (Å²) in [5, 5.41) is 0.392. The molecule has 0 bridgehead atoms. The number of halogens is 1. The Labute approximate surface area is 129 Å². The smallest absolute Gasteiger partial charge is 0.161 e. The summed E-state index contributed by atoms with van der Waals surface area (Å²) >= 11 is 6.05. The van der Waals surface area contributed by atoms with Crippen LogP contribution in [0.1, 0.15) is 30.6 Å². The fourth-order valence-electron chi connectivity index (χ4n) is 1.80. The lowest BCUT2D eigenvalue weighted by Gasteiger charge is -2.09. The number of carbonyl (C=O) groups is 1. The van der Waals surface area contributed by atoms with Crippen LogP contribution in [0.3, 0.4) is 0 Å². The summed E-state index contributed by atoms with van der Waals surface area (Å²) in [6, 6.07) is 12.4. The van der Waals surface area contributed by atoms with E-state index < -0.39 is 0 Å². The van der Waals surface area contributed by atoms with Crippen LogP contribution in [-0.2, 0) is 0 Å². The van der Waals surface area contributed by atoms with Gasteiger partial charge in [0.05, 0.1) is 11.6 Å². The Kier molecular flexibility index (Phi) is 5.23. The van der Waals surface area contributed by atoms with Crippen molar-refractivity contribution in [2.45, 2.75) is 20.3 Å². The van der Waals surface area contributed by atoms with Crippen molar-refractivity contribution >= 4 is 17.4 Å². The van der Waals surface area contributed by atoms with Gasteiger partial charge in [-0.15, -0.1) is 0 Å². The standard InChI is InChI=1S/C17H17ClO3/c1-3-10-20-13-4-6-14(7-5-13)21-15-8-9-16(12(2)19)17(18)11-15/h4-9,11H,3,10H2,1-2H3. The molecule has 0 aliphatic heterocycles. The molecule has 0 radical (unpaired) electrons. The van der Waals surface area contributed by atoms with Crippen molar-refractivity contribution in [3.8, 4) is 17.2 Å². The first-order chi connectivity index (χ1) is 10.1. The minimum absolute atomic E-state index is 0.0658. The summed E-state index contributed by atoms with van der Waals surface area (Å²) in [5.74, 6) is 2.02. The van der Waals surface area contributed by atoms with Crippen molar-refractivity contribution in [3.05, 3.63) is 53.1 Å². The van der Waals surface area contributed by atoms with Crippen molar-refractivity contribution in [1.82, 2.24) is 0 Å². The summed E-state index contributed by atoms with van der Waals surface area (Å²) in [4.78, 5) is 11.3. The first kappa shape index (κ1) is 15.4. The normalized spacial score (nSPS) is 10.2. The van der Waals surface area contributed by atoms with Crippen molar-refractivity contribution in [2.75, 3.05) is 6.61 Å². The summed E-state index contributed by atoms with van der Waals surface area (Å²) < 4.78 is 11.2. The molecule has 2 aromatic rings. The number of carbonyl (C=O) groups excluding carboxylic acids is 1. The number of ketones is 1. The second-order valence-electron chi connectivity index (χ2n) is 4.62. The first-order valence-electron chi connectivity index (χ1n) is 6.81. The van der Waals surface area contributed by atoms with Crippen LogP contribution in [0, 0.1) is 0 Å². The maximum absolute atomic E-state index is 11.3. The second kappa shape index (κ2) is 7.14. The van der Waals surface area contributed by atoms with E-state index in [9.17, 15) is 4.79 Å². The Morgan fingerprint density at radius 1 is 1.05 bits per heavy atom. The Bertz CT molecular complexity index is 620. The largest absolute Gasteiger partial charge is 0.494 e. The third-order valence-electron chi connectivity index (χ3n) is 2.85. The highest BCUT2D eigenvalue weighted by molar-refractivity contribution is 6.34. The van der Waals surface area contributed by atoms with Crippen molar-refractivity contribution in [2.24, 2.45) is 0 Å². The monoisotopic (exact) mass is 304 g/mol. The van der Waals surface area contributed by atoms with E-state index in [1.807, 2.05) is 24.3 Å². The van der Waals surface area contributed by atoms with Gasteiger partial charge < -0.3 is 9.47 Å². The zero-order valence-electron chi connectivity index (χ0n) is 12.1. The van der Waals surface area contributed by atoms with Crippen molar-refractivity contribution in [1.29, 1.82) is 0 Å². The van der Waals surface area contributed by atoms with E-state index in [0.717, 1.165) is 12.2 Å². The Morgan fingerprint density at radius 2 is 1.67 bits per heavy atom. The van der Waals surface area contributed by atoms with Gasteiger partial charge in [-0.3, -0.25) is 4.79 Å². The molecule has 3 nitrogen and oxygen atoms in total. The molecule has 0 spiro atoms. The molecule has 0 aliphatic rings. The Balaban J connectivity index is 2.07. The third kappa shape index (κ3) is 4.23. The van der Waals surface area contributed by atoms with E-state index in [0.29, 0.717) is 28.7 Å². The minimum atomic E-state index is -0.0658. The van der Waals surface area contributed by atoms with E-state index in [4.69, 9.17) is 21.1 Å². The maximum atomic E-state index is 11.3. The molecule has 0 saturated heterocycles. The van der Waals surface area contributed by atoms with E-state index in [1.165, 1.54) is 6.92 Å². The number of rotatable bonds is 6. The lowest BCUT2D eigenvalue weighted by Crippen LogP contribution is -1.95. The molecule has 0 heterocycles. The average Bonchev–Trinajstić information content (AvgIpc) is 2.46. The molecule has 0 amide bonds. The molecule has 0 aromatic heterocycles. The van der Waals surface area contributed by atoms with Gasteiger partial charge in [0.25, 0.3) is 0 Å². The van der Waals surface area contributed by atoms with E-state index in [2.05, 4.69) is 6.92 Å². The SMILES string of the molecule is CCCOc1ccc(Oc2ccc(C(C)=O)c(Cl)c2)cc1. The molecule has 0 aliphatic carbocycles. The minimum Gasteiger partial charge on any atom is -0.494 e.